The number of nitrogens with two attached hydrogens (primary N) is 1. The van der Waals surface area contributed by atoms with Crippen LogP contribution < -0.4 is 5.73 Å². The highest BCUT2D eigenvalue weighted by atomic mass is 16.2. The number of rotatable bonds is 4. The van der Waals surface area contributed by atoms with E-state index in [1.807, 2.05) is 43.9 Å². The highest BCUT2D eigenvalue weighted by Gasteiger charge is 2.20. The Morgan fingerprint density at radius 3 is 2.65 bits per heavy atom. The van der Waals surface area contributed by atoms with Gasteiger partial charge in [-0.15, -0.1) is 0 Å². The van der Waals surface area contributed by atoms with Gasteiger partial charge in [0.25, 0.3) is 5.91 Å². The van der Waals surface area contributed by atoms with Gasteiger partial charge in [-0.25, -0.2) is 0 Å². The third-order valence-electron chi connectivity index (χ3n) is 3.08. The van der Waals surface area contributed by atoms with E-state index >= 15 is 0 Å². The van der Waals surface area contributed by atoms with Crippen LogP contribution in [-0.4, -0.2) is 29.9 Å². The Hall–Kier alpha value is -1.79. The maximum Gasteiger partial charge on any atom is 0.255 e. The summed E-state index contributed by atoms with van der Waals surface area (Å²) >= 11 is 0. The smallest absolute Gasteiger partial charge is 0.255 e. The van der Waals surface area contributed by atoms with E-state index in [0.29, 0.717) is 12.1 Å². The minimum Gasteiger partial charge on any atom is -0.336 e. The molecule has 0 radical (unpaired) electrons. The van der Waals surface area contributed by atoms with Crippen molar-refractivity contribution in [2.75, 3.05) is 13.1 Å². The molecule has 0 unspecified atom stereocenters. The molecule has 0 spiro atoms. The standard InChI is InChI=1S/C17H24N2O/c1-5-11-19(13(2)3)17(20)16-12-14(4)8-9-15(16)7-6-10-18/h8-9,12-13H,5,10-11,18H2,1-4H3. The van der Waals surface area contributed by atoms with Crippen molar-refractivity contribution in [2.45, 2.75) is 40.2 Å². The van der Waals surface area contributed by atoms with Crippen LogP contribution in [0.4, 0.5) is 0 Å². The van der Waals surface area contributed by atoms with Crippen molar-refractivity contribution in [3.8, 4) is 11.8 Å². The zero-order valence-electron chi connectivity index (χ0n) is 12.9. The maximum atomic E-state index is 12.7. The number of nitrogens with zero attached hydrogens (tertiary/aromatic N) is 1. The second kappa shape index (κ2) is 7.72. The first-order valence-electron chi connectivity index (χ1n) is 7.11. The molecule has 0 aliphatic rings. The molecular formula is C17H24N2O. The summed E-state index contributed by atoms with van der Waals surface area (Å²) < 4.78 is 0. The Morgan fingerprint density at radius 1 is 1.40 bits per heavy atom. The van der Waals surface area contributed by atoms with E-state index in [1.165, 1.54) is 0 Å². The average Bonchev–Trinajstić information content (AvgIpc) is 2.42. The van der Waals surface area contributed by atoms with Crippen LogP contribution in [0.5, 0.6) is 0 Å². The number of aryl methyl sites for hydroxylation is 1. The summed E-state index contributed by atoms with van der Waals surface area (Å²) in [4.78, 5) is 14.6. The van der Waals surface area contributed by atoms with Gasteiger partial charge in [0, 0.05) is 18.2 Å². The fourth-order valence-corrected chi connectivity index (χ4v) is 2.08. The molecule has 1 aromatic carbocycles. The molecule has 1 aromatic rings. The molecule has 3 nitrogen and oxygen atoms in total. The quantitative estimate of drug-likeness (QED) is 0.856. The maximum absolute atomic E-state index is 12.7. The number of benzene rings is 1. The molecule has 0 fully saturated rings. The zero-order chi connectivity index (χ0) is 15.1. The molecule has 20 heavy (non-hydrogen) atoms. The van der Waals surface area contributed by atoms with Crippen LogP contribution in [0.1, 0.15) is 48.7 Å². The van der Waals surface area contributed by atoms with Crippen LogP contribution in [0.15, 0.2) is 18.2 Å². The lowest BCUT2D eigenvalue weighted by Gasteiger charge is -2.27. The fourth-order valence-electron chi connectivity index (χ4n) is 2.08. The number of carbonyl (C=O) groups excluding carboxylic acids is 1. The van der Waals surface area contributed by atoms with E-state index in [9.17, 15) is 4.79 Å². The number of amides is 1. The van der Waals surface area contributed by atoms with Crippen molar-refractivity contribution in [1.29, 1.82) is 0 Å². The van der Waals surface area contributed by atoms with Gasteiger partial charge in [-0.2, -0.15) is 0 Å². The van der Waals surface area contributed by atoms with Crippen molar-refractivity contribution in [2.24, 2.45) is 5.73 Å². The van der Waals surface area contributed by atoms with E-state index in [0.717, 1.165) is 24.1 Å². The SMILES string of the molecule is CCCN(C(=O)c1cc(C)ccc1C#CCN)C(C)C. The first kappa shape index (κ1) is 16.3. The number of carbonyl (C=O) groups is 1. The summed E-state index contributed by atoms with van der Waals surface area (Å²) in [5, 5.41) is 0. The first-order chi connectivity index (χ1) is 9.51. The summed E-state index contributed by atoms with van der Waals surface area (Å²) in [5.41, 5.74) is 7.91. The lowest BCUT2D eigenvalue weighted by Crippen LogP contribution is -2.37. The summed E-state index contributed by atoms with van der Waals surface area (Å²) in [5.74, 6) is 5.87. The zero-order valence-corrected chi connectivity index (χ0v) is 12.9. The largest absolute Gasteiger partial charge is 0.336 e. The highest BCUT2D eigenvalue weighted by Crippen LogP contribution is 2.15. The topological polar surface area (TPSA) is 46.3 Å². The third kappa shape index (κ3) is 4.11. The molecule has 1 rings (SSSR count). The fraction of sp³-hybridized carbons (Fsp3) is 0.471. The van der Waals surface area contributed by atoms with Gasteiger partial charge in [-0.1, -0.05) is 30.4 Å². The van der Waals surface area contributed by atoms with E-state index in [4.69, 9.17) is 5.73 Å². The lowest BCUT2D eigenvalue weighted by molar-refractivity contribution is 0.0705. The Morgan fingerprint density at radius 2 is 2.10 bits per heavy atom. The monoisotopic (exact) mass is 272 g/mol. The van der Waals surface area contributed by atoms with E-state index in [1.54, 1.807) is 0 Å². The normalized spacial score (nSPS) is 10.1. The van der Waals surface area contributed by atoms with Crippen molar-refractivity contribution in [3.63, 3.8) is 0 Å². The molecule has 0 atom stereocenters. The molecule has 108 valence electrons. The van der Waals surface area contributed by atoms with E-state index < -0.39 is 0 Å². The lowest BCUT2D eigenvalue weighted by atomic mass is 10.0. The van der Waals surface area contributed by atoms with Gasteiger partial charge in [-0.05, 0) is 39.3 Å². The number of hydrogen-bond donors (Lipinski definition) is 1. The second-order valence-electron chi connectivity index (χ2n) is 5.15. The first-order valence-corrected chi connectivity index (χ1v) is 7.11. The molecular weight excluding hydrogens is 248 g/mol. The Bertz CT molecular complexity index is 524. The van der Waals surface area contributed by atoms with Crippen LogP contribution in [-0.2, 0) is 0 Å². The van der Waals surface area contributed by atoms with Crippen LogP contribution >= 0.6 is 0 Å². The van der Waals surface area contributed by atoms with Crippen LogP contribution in [0.3, 0.4) is 0 Å². The minimum atomic E-state index is 0.0480. The Balaban J connectivity index is 3.21. The molecule has 0 heterocycles. The summed E-state index contributed by atoms with van der Waals surface area (Å²) in [6, 6.07) is 5.96. The molecule has 0 aromatic heterocycles. The van der Waals surface area contributed by atoms with Crippen molar-refractivity contribution < 1.29 is 4.79 Å². The van der Waals surface area contributed by atoms with Gasteiger partial charge in [0.1, 0.15) is 0 Å². The Labute approximate surface area is 122 Å². The van der Waals surface area contributed by atoms with Crippen LogP contribution in [0, 0.1) is 18.8 Å². The molecule has 0 aliphatic carbocycles. The average molecular weight is 272 g/mol. The minimum absolute atomic E-state index is 0.0480. The van der Waals surface area contributed by atoms with Gasteiger partial charge in [-0.3, -0.25) is 4.79 Å². The molecule has 2 N–H and O–H groups in total. The predicted molar refractivity (Wildman–Crippen MR) is 83.6 cm³/mol. The van der Waals surface area contributed by atoms with E-state index in [-0.39, 0.29) is 11.9 Å². The molecule has 3 heteroatoms. The van der Waals surface area contributed by atoms with Gasteiger partial charge < -0.3 is 10.6 Å². The second-order valence-corrected chi connectivity index (χ2v) is 5.15. The molecule has 0 aliphatic heterocycles. The van der Waals surface area contributed by atoms with Gasteiger partial charge in [0.05, 0.1) is 12.1 Å². The van der Waals surface area contributed by atoms with Gasteiger partial charge >= 0.3 is 0 Å². The van der Waals surface area contributed by atoms with Gasteiger partial charge in [0.2, 0.25) is 0 Å². The molecule has 0 saturated carbocycles. The van der Waals surface area contributed by atoms with Crippen LogP contribution in [0.25, 0.3) is 0 Å². The summed E-state index contributed by atoms with van der Waals surface area (Å²) in [6.07, 6.45) is 0.944. The number of hydrogen-bond acceptors (Lipinski definition) is 2. The third-order valence-corrected chi connectivity index (χ3v) is 3.08. The van der Waals surface area contributed by atoms with Crippen molar-refractivity contribution in [1.82, 2.24) is 4.90 Å². The summed E-state index contributed by atoms with van der Waals surface area (Å²) in [6.45, 7) is 9.19. The predicted octanol–water partition coefficient (Wildman–Crippen LogP) is 2.57. The molecule has 1 amide bonds. The molecule has 0 bridgehead atoms. The van der Waals surface area contributed by atoms with E-state index in [2.05, 4.69) is 18.8 Å². The summed E-state index contributed by atoms with van der Waals surface area (Å²) in [7, 11) is 0. The highest BCUT2D eigenvalue weighted by molar-refractivity contribution is 5.97. The van der Waals surface area contributed by atoms with Crippen molar-refractivity contribution in [3.05, 3.63) is 34.9 Å². The molecule has 0 saturated heterocycles. The van der Waals surface area contributed by atoms with Gasteiger partial charge in [0.15, 0.2) is 0 Å². The Kier molecular flexibility index (Phi) is 6.27. The van der Waals surface area contributed by atoms with Crippen LogP contribution in [0.2, 0.25) is 0 Å². The van der Waals surface area contributed by atoms with Crippen molar-refractivity contribution >= 4 is 5.91 Å².